The minimum Gasteiger partial charge on any atom is -0.343 e. The first-order valence-electron chi connectivity index (χ1n) is 6.47. The quantitative estimate of drug-likeness (QED) is 0.837. The molecule has 1 aromatic heterocycles. The maximum Gasteiger partial charge on any atom is 0.244 e. The van der Waals surface area contributed by atoms with Crippen molar-refractivity contribution < 1.29 is 4.79 Å². The average molecular weight is 270 g/mol. The van der Waals surface area contributed by atoms with Crippen LogP contribution in [0.15, 0.2) is 30.6 Å². The van der Waals surface area contributed by atoms with Crippen LogP contribution in [-0.2, 0) is 4.79 Å². The summed E-state index contributed by atoms with van der Waals surface area (Å²) < 4.78 is 0. The summed E-state index contributed by atoms with van der Waals surface area (Å²) in [6.45, 7) is 5.93. The molecule has 1 amide bonds. The molecule has 0 bridgehead atoms. The number of amides is 1. The summed E-state index contributed by atoms with van der Waals surface area (Å²) in [4.78, 5) is 15.8. The summed E-state index contributed by atoms with van der Waals surface area (Å²) in [7, 11) is 0. The second-order valence-electron chi connectivity index (χ2n) is 4.79. The van der Waals surface area contributed by atoms with Crippen molar-refractivity contribution in [3.05, 3.63) is 53.1 Å². The Morgan fingerprint density at radius 1 is 1.40 bits per heavy atom. The van der Waals surface area contributed by atoms with Crippen molar-refractivity contribution >= 4 is 12.0 Å². The van der Waals surface area contributed by atoms with Gasteiger partial charge in [0.15, 0.2) is 0 Å². The number of carbonyl (C=O) groups is 1. The highest BCUT2D eigenvalue weighted by Crippen LogP contribution is 2.12. The summed E-state index contributed by atoms with van der Waals surface area (Å²) in [6, 6.07) is 5.93. The van der Waals surface area contributed by atoms with E-state index in [1.54, 1.807) is 0 Å². The zero-order valence-electron chi connectivity index (χ0n) is 11.8. The van der Waals surface area contributed by atoms with Crippen LogP contribution in [0, 0.1) is 13.8 Å². The molecule has 5 nitrogen and oxygen atoms in total. The number of rotatable bonds is 4. The first-order valence-corrected chi connectivity index (χ1v) is 6.47. The highest BCUT2D eigenvalue weighted by atomic mass is 16.1. The van der Waals surface area contributed by atoms with Gasteiger partial charge in [0.2, 0.25) is 5.91 Å². The van der Waals surface area contributed by atoms with E-state index in [0.29, 0.717) is 5.82 Å². The van der Waals surface area contributed by atoms with E-state index < -0.39 is 0 Å². The minimum absolute atomic E-state index is 0.158. The van der Waals surface area contributed by atoms with Crippen LogP contribution < -0.4 is 5.32 Å². The van der Waals surface area contributed by atoms with Gasteiger partial charge in [0, 0.05) is 6.08 Å². The van der Waals surface area contributed by atoms with E-state index in [1.165, 1.54) is 18.0 Å². The molecule has 1 aromatic carbocycles. The lowest BCUT2D eigenvalue weighted by Gasteiger charge is -2.08. The van der Waals surface area contributed by atoms with E-state index in [2.05, 4.69) is 26.6 Å². The van der Waals surface area contributed by atoms with Gasteiger partial charge in [-0.15, -0.1) is 0 Å². The van der Waals surface area contributed by atoms with Gasteiger partial charge >= 0.3 is 0 Å². The van der Waals surface area contributed by atoms with Crippen molar-refractivity contribution in [1.82, 2.24) is 20.5 Å². The second-order valence-corrected chi connectivity index (χ2v) is 4.79. The van der Waals surface area contributed by atoms with Crippen LogP contribution in [0.4, 0.5) is 0 Å². The van der Waals surface area contributed by atoms with E-state index in [0.717, 1.165) is 11.1 Å². The van der Waals surface area contributed by atoms with Crippen LogP contribution in [0.25, 0.3) is 6.08 Å². The lowest BCUT2D eigenvalue weighted by atomic mass is 10.1. The number of aromatic amines is 1. The summed E-state index contributed by atoms with van der Waals surface area (Å²) in [5.74, 6) is 0.479. The van der Waals surface area contributed by atoms with Crippen LogP contribution in [0.1, 0.15) is 35.5 Å². The number of aromatic nitrogens is 3. The third-order valence-corrected chi connectivity index (χ3v) is 3.04. The van der Waals surface area contributed by atoms with E-state index in [9.17, 15) is 4.79 Å². The maximum absolute atomic E-state index is 11.8. The standard InChI is InChI=1S/C15H18N4O/c1-10-4-5-13(11(2)8-10)6-7-14(20)18-12(3)15-16-9-17-19-15/h4-9,12H,1-3H3,(H,18,20)(H,16,17,19)/b7-6+. The van der Waals surface area contributed by atoms with Crippen molar-refractivity contribution in [2.45, 2.75) is 26.8 Å². The van der Waals surface area contributed by atoms with Crippen molar-refractivity contribution in [1.29, 1.82) is 0 Å². The molecular formula is C15H18N4O. The Morgan fingerprint density at radius 3 is 2.85 bits per heavy atom. The molecule has 1 atom stereocenters. The minimum atomic E-state index is -0.200. The largest absolute Gasteiger partial charge is 0.343 e. The van der Waals surface area contributed by atoms with Gasteiger partial charge in [-0.05, 0) is 38.0 Å². The van der Waals surface area contributed by atoms with E-state index >= 15 is 0 Å². The second kappa shape index (κ2) is 6.14. The molecule has 0 aliphatic rings. The number of nitrogens with zero attached hydrogens (tertiary/aromatic N) is 2. The Morgan fingerprint density at radius 2 is 2.20 bits per heavy atom. The van der Waals surface area contributed by atoms with Gasteiger partial charge in [0.25, 0.3) is 0 Å². The molecule has 0 radical (unpaired) electrons. The van der Waals surface area contributed by atoms with Crippen molar-refractivity contribution in [3.63, 3.8) is 0 Å². The molecule has 0 aliphatic carbocycles. The third-order valence-electron chi connectivity index (χ3n) is 3.04. The Hall–Kier alpha value is -2.43. The SMILES string of the molecule is Cc1ccc(/C=C/C(=O)NC(C)c2ncn[nH]2)c(C)c1. The van der Waals surface area contributed by atoms with Crippen LogP contribution in [0.3, 0.4) is 0 Å². The Kier molecular flexibility index (Phi) is 4.30. The Balaban J connectivity index is 1.99. The maximum atomic E-state index is 11.8. The van der Waals surface area contributed by atoms with Gasteiger partial charge in [-0.3, -0.25) is 9.89 Å². The van der Waals surface area contributed by atoms with Crippen molar-refractivity contribution in [3.8, 4) is 0 Å². The summed E-state index contributed by atoms with van der Waals surface area (Å²) >= 11 is 0. The van der Waals surface area contributed by atoms with E-state index in [-0.39, 0.29) is 11.9 Å². The highest BCUT2D eigenvalue weighted by molar-refractivity contribution is 5.92. The number of nitrogens with one attached hydrogen (secondary N) is 2. The van der Waals surface area contributed by atoms with Crippen molar-refractivity contribution in [2.24, 2.45) is 0 Å². The number of aryl methyl sites for hydroxylation is 2. The molecule has 0 aliphatic heterocycles. The number of benzene rings is 1. The molecular weight excluding hydrogens is 252 g/mol. The van der Waals surface area contributed by atoms with Gasteiger partial charge in [0.1, 0.15) is 12.2 Å². The fourth-order valence-corrected chi connectivity index (χ4v) is 1.93. The molecule has 5 heteroatoms. The molecule has 2 aromatic rings. The smallest absolute Gasteiger partial charge is 0.244 e. The van der Waals surface area contributed by atoms with Gasteiger partial charge in [-0.1, -0.05) is 23.8 Å². The average Bonchev–Trinajstić information content (AvgIpc) is 2.91. The Bertz CT molecular complexity index is 617. The fraction of sp³-hybridized carbons (Fsp3) is 0.267. The summed E-state index contributed by atoms with van der Waals surface area (Å²) in [5.41, 5.74) is 3.40. The number of H-pyrrole nitrogens is 1. The Labute approximate surface area is 118 Å². The molecule has 0 fully saturated rings. The van der Waals surface area contributed by atoms with Gasteiger partial charge < -0.3 is 5.32 Å². The number of hydrogen-bond donors (Lipinski definition) is 2. The number of hydrogen-bond acceptors (Lipinski definition) is 3. The lowest BCUT2D eigenvalue weighted by molar-refractivity contribution is -0.117. The number of carbonyl (C=O) groups excluding carboxylic acids is 1. The molecule has 0 spiro atoms. The third kappa shape index (κ3) is 3.54. The topological polar surface area (TPSA) is 70.7 Å². The lowest BCUT2D eigenvalue weighted by Crippen LogP contribution is -2.25. The zero-order chi connectivity index (χ0) is 14.5. The first-order chi connectivity index (χ1) is 9.56. The van der Waals surface area contributed by atoms with Crippen LogP contribution in [0.2, 0.25) is 0 Å². The monoisotopic (exact) mass is 270 g/mol. The van der Waals surface area contributed by atoms with Crippen LogP contribution in [0.5, 0.6) is 0 Å². The predicted molar refractivity (Wildman–Crippen MR) is 77.9 cm³/mol. The predicted octanol–water partition coefficient (Wildman–Crippen LogP) is 2.31. The molecule has 104 valence electrons. The summed E-state index contributed by atoms with van der Waals surface area (Å²) in [6.07, 6.45) is 4.77. The molecule has 2 N–H and O–H groups in total. The van der Waals surface area contributed by atoms with Crippen LogP contribution >= 0.6 is 0 Å². The fourth-order valence-electron chi connectivity index (χ4n) is 1.93. The molecule has 1 unspecified atom stereocenters. The van der Waals surface area contributed by atoms with Gasteiger partial charge in [-0.25, -0.2) is 4.98 Å². The first kappa shape index (κ1) is 14.0. The highest BCUT2D eigenvalue weighted by Gasteiger charge is 2.09. The van der Waals surface area contributed by atoms with Gasteiger partial charge in [0.05, 0.1) is 6.04 Å². The zero-order valence-corrected chi connectivity index (χ0v) is 11.8. The molecule has 2 rings (SSSR count). The molecule has 0 saturated heterocycles. The summed E-state index contributed by atoms with van der Waals surface area (Å²) in [5, 5.41) is 9.31. The van der Waals surface area contributed by atoms with E-state index in [1.807, 2.05) is 39.0 Å². The molecule has 0 saturated carbocycles. The van der Waals surface area contributed by atoms with Crippen molar-refractivity contribution in [2.75, 3.05) is 0 Å². The van der Waals surface area contributed by atoms with E-state index in [4.69, 9.17) is 0 Å². The normalized spacial score (nSPS) is 12.6. The van der Waals surface area contributed by atoms with Crippen LogP contribution in [-0.4, -0.2) is 21.1 Å². The molecule has 1 heterocycles. The molecule has 20 heavy (non-hydrogen) atoms. The van der Waals surface area contributed by atoms with Gasteiger partial charge in [-0.2, -0.15) is 5.10 Å².